The van der Waals surface area contributed by atoms with E-state index in [4.69, 9.17) is 14.2 Å². The molecule has 158 valence electrons. The van der Waals surface area contributed by atoms with E-state index in [0.29, 0.717) is 24.0 Å². The third kappa shape index (κ3) is 5.11. The van der Waals surface area contributed by atoms with Crippen LogP contribution in [0, 0.1) is 0 Å². The van der Waals surface area contributed by atoms with Crippen molar-refractivity contribution in [1.82, 2.24) is 25.0 Å². The zero-order valence-corrected chi connectivity index (χ0v) is 17.7. The zero-order valence-electron chi connectivity index (χ0n) is 17.7. The molecule has 3 aromatic rings. The maximum atomic E-state index is 12.4. The van der Waals surface area contributed by atoms with Gasteiger partial charge in [-0.2, -0.15) is 0 Å². The molecule has 2 heterocycles. The summed E-state index contributed by atoms with van der Waals surface area (Å²) >= 11 is 0. The Morgan fingerprint density at radius 3 is 2.33 bits per heavy atom. The fourth-order valence-electron chi connectivity index (χ4n) is 2.72. The zero-order chi connectivity index (χ0) is 21.7. The maximum Gasteiger partial charge on any atom is 0.361 e. The van der Waals surface area contributed by atoms with Crippen molar-refractivity contribution in [2.24, 2.45) is 0 Å². The Morgan fingerprint density at radius 1 is 1.10 bits per heavy atom. The van der Waals surface area contributed by atoms with Crippen LogP contribution in [0.2, 0.25) is 0 Å². The monoisotopic (exact) mass is 411 g/mol. The third-order valence-electron chi connectivity index (χ3n) is 3.98. The van der Waals surface area contributed by atoms with Gasteiger partial charge in [0.25, 0.3) is 0 Å². The van der Waals surface area contributed by atoms with Crippen LogP contribution in [0.3, 0.4) is 0 Å². The Balaban J connectivity index is 1.93. The van der Waals surface area contributed by atoms with Crippen LogP contribution in [-0.2, 0) is 11.3 Å². The molecule has 0 N–H and O–H groups in total. The van der Waals surface area contributed by atoms with Gasteiger partial charge in [-0.05, 0) is 52.0 Å². The SMILES string of the molecule is CCOC(=O)c1nnn(Cc2cnc(OC(C)(C)C)nc2)c1-c1ccc(OC)cc1. The summed E-state index contributed by atoms with van der Waals surface area (Å²) in [4.78, 5) is 20.9. The Morgan fingerprint density at radius 2 is 1.77 bits per heavy atom. The van der Waals surface area contributed by atoms with Crippen LogP contribution in [0.15, 0.2) is 36.7 Å². The Bertz CT molecular complexity index is 992. The van der Waals surface area contributed by atoms with Crippen molar-refractivity contribution in [1.29, 1.82) is 0 Å². The molecule has 0 aliphatic carbocycles. The van der Waals surface area contributed by atoms with Crippen LogP contribution in [0.25, 0.3) is 11.3 Å². The molecule has 30 heavy (non-hydrogen) atoms. The standard InChI is InChI=1S/C21H25N5O4/c1-6-29-19(27)17-18(15-7-9-16(28-5)10-8-15)26(25-24-17)13-14-11-22-20(23-12-14)30-21(2,3)4/h7-12H,6,13H2,1-5H3. The molecular weight excluding hydrogens is 386 g/mol. The lowest BCUT2D eigenvalue weighted by molar-refractivity contribution is 0.0520. The van der Waals surface area contributed by atoms with Gasteiger partial charge >= 0.3 is 12.0 Å². The smallest absolute Gasteiger partial charge is 0.361 e. The van der Waals surface area contributed by atoms with Crippen LogP contribution in [0.4, 0.5) is 0 Å². The van der Waals surface area contributed by atoms with Crippen molar-refractivity contribution in [3.63, 3.8) is 0 Å². The van der Waals surface area contributed by atoms with Crippen molar-refractivity contribution in [2.75, 3.05) is 13.7 Å². The molecule has 0 amide bonds. The number of hydrogen-bond donors (Lipinski definition) is 0. The summed E-state index contributed by atoms with van der Waals surface area (Å²) in [5, 5.41) is 8.22. The lowest BCUT2D eigenvalue weighted by atomic mass is 10.1. The molecule has 0 atom stereocenters. The van der Waals surface area contributed by atoms with E-state index in [1.54, 1.807) is 31.1 Å². The van der Waals surface area contributed by atoms with E-state index in [2.05, 4.69) is 20.3 Å². The predicted molar refractivity (Wildman–Crippen MR) is 109 cm³/mol. The van der Waals surface area contributed by atoms with E-state index in [-0.39, 0.29) is 17.9 Å². The average Bonchev–Trinajstić information content (AvgIpc) is 3.12. The van der Waals surface area contributed by atoms with E-state index < -0.39 is 5.97 Å². The lowest BCUT2D eigenvalue weighted by Crippen LogP contribution is -2.24. The number of hydrogen-bond acceptors (Lipinski definition) is 8. The molecule has 1 aromatic carbocycles. The number of aromatic nitrogens is 5. The first-order chi connectivity index (χ1) is 14.3. The number of rotatable bonds is 7. The summed E-state index contributed by atoms with van der Waals surface area (Å²) in [5.74, 6) is 0.179. The van der Waals surface area contributed by atoms with Gasteiger partial charge < -0.3 is 14.2 Å². The van der Waals surface area contributed by atoms with Gasteiger partial charge in [-0.1, -0.05) is 5.21 Å². The number of methoxy groups -OCH3 is 1. The minimum absolute atomic E-state index is 0.149. The van der Waals surface area contributed by atoms with Crippen molar-refractivity contribution in [3.05, 3.63) is 47.9 Å². The molecule has 0 radical (unpaired) electrons. The summed E-state index contributed by atoms with van der Waals surface area (Å²) in [6.07, 6.45) is 3.33. The Labute approximate surface area is 175 Å². The predicted octanol–water partition coefficient (Wildman–Crippen LogP) is 3.15. The summed E-state index contributed by atoms with van der Waals surface area (Å²) in [5.41, 5.74) is 1.86. The first kappa shape index (κ1) is 21.2. The minimum Gasteiger partial charge on any atom is -0.497 e. The summed E-state index contributed by atoms with van der Waals surface area (Å²) in [7, 11) is 1.60. The third-order valence-corrected chi connectivity index (χ3v) is 3.98. The fraction of sp³-hybridized carbons (Fsp3) is 0.381. The topological polar surface area (TPSA) is 101 Å². The van der Waals surface area contributed by atoms with Crippen molar-refractivity contribution < 1.29 is 19.0 Å². The highest BCUT2D eigenvalue weighted by Gasteiger charge is 2.23. The molecule has 0 unspecified atom stereocenters. The van der Waals surface area contributed by atoms with E-state index in [1.165, 1.54) is 0 Å². The van der Waals surface area contributed by atoms with Crippen LogP contribution < -0.4 is 9.47 Å². The van der Waals surface area contributed by atoms with Crippen LogP contribution >= 0.6 is 0 Å². The number of carbonyl (C=O) groups excluding carboxylic acids is 1. The van der Waals surface area contributed by atoms with Gasteiger partial charge in [-0.3, -0.25) is 0 Å². The molecule has 0 spiro atoms. The lowest BCUT2D eigenvalue weighted by Gasteiger charge is -2.19. The molecular formula is C21H25N5O4. The number of esters is 1. The van der Waals surface area contributed by atoms with Crippen molar-refractivity contribution >= 4 is 5.97 Å². The maximum absolute atomic E-state index is 12.4. The van der Waals surface area contributed by atoms with Crippen LogP contribution in [0.1, 0.15) is 43.7 Å². The number of carbonyl (C=O) groups is 1. The quantitative estimate of drug-likeness (QED) is 0.547. The molecule has 9 nitrogen and oxygen atoms in total. The summed E-state index contributed by atoms with van der Waals surface area (Å²) in [6.45, 7) is 8.10. The Kier molecular flexibility index (Phi) is 6.29. The number of nitrogens with zero attached hydrogens (tertiary/aromatic N) is 5. The summed E-state index contributed by atoms with van der Waals surface area (Å²) in [6, 6.07) is 7.60. The van der Waals surface area contributed by atoms with Gasteiger partial charge in [-0.25, -0.2) is 19.4 Å². The fourth-order valence-corrected chi connectivity index (χ4v) is 2.72. The molecule has 0 aliphatic heterocycles. The van der Waals surface area contributed by atoms with E-state index in [0.717, 1.165) is 11.1 Å². The van der Waals surface area contributed by atoms with Gasteiger partial charge in [0.2, 0.25) is 0 Å². The van der Waals surface area contributed by atoms with E-state index in [1.807, 2.05) is 45.0 Å². The molecule has 0 aliphatic rings. The molecule has 0 fully saturated rings. The van der Waals surface area contributed by atoms with E-state index >= 15 is 0 Å². The van der Waals surface area contributed by atoms with Crippen LogP contribution in [0.5, 0.6) is 11.8 Å². The number of ether oxygens (including phenoxy) is 3. The second-order valence-electron chi connectivity index (χ2n) is 7.48. The highest BCUT2D eigenvalue weighted by molar-refractivity contribution is 5.94. The van der Waals surface area contributed by atoms with Gasteiger partial charge in [0.15, 0.2) is 5.69 Å². The van der Waals surface area contributed by atoms with Gasteiger partial charge in [-0.15, -0.1) is 5.10 Å². The largest absolute Gasteiger partial charge is 0.497 e. The van der Waals surface area contributed by atoms with Gasteiger partial charge in [0.05, 0.1) is 20.3 Å². The van der Waals surface area contributed by atoms with Crippen molar-refractivity contribution in [2.45, 2.75) is 39.8 Å². The first-order valence-electron chi connectivity index (χ1n) is 9.55. The average molecular weight is 411 g/mol. The Hall–Kier alpha value is -3.49. The summed E-state index contributed by atoms with van der Waals surface area (Å²) < 4.78 is 17.6. The normalized spacial score (nSPS) is 11.2. The molecule has 2 aromatic heterocycles. The first-order valence-corrected chi connectivity index (χ1v) is 9.55. The second kappa shape index (κ2) is 8.89. The van der Waals surface area contributed by atoms with Crippen molar-refractivity contribution in [3.8, 4) is 23.0 Å². The number of benzene rings is 1. The molecule has 3 rings (SSSR count). The highest BCUT2D eigenvalue weighted by Crippen LogP contribution is 2.26. The van der Waals surface area contributed by atoms with Gasteiger partial charge in [0.1, 0.15) is 17.0 Å². The highest BCUT2D eigenvalue weighted by atomic mass is 16.5. The van der Waals surface area contributed by atoms with E-state index in [9.17, 15) is 4.79 Å². The molecule has 0 saturated carbocycles. The van der Waals surface area contributed by atoms with Crippen LogP contribution in [-0.4, -0.2) is 50.2 Å². The molecule has 0 saturated heterocycles. The van der Waals surface area contributed by atoms with Gasteiger partial charge in [0, 0.05) is 23.5 Å². The molecule has 0 bridgehead atoms. The molecule has 9 heteroatoms. The second-order valence-corrected chi connectivity index (χ2v) is 7.48. The minimum atomic E-state index is -0.528.